The molecular weight excluding hydrogens is 379 g/mol. The second-order valence-electron chi connectivity index (χ2n) is 5.38. The summed E-state index contributed by atoms with van der Waals surface area (Å²) in [7, 11) is 0. The van der Waals surface area contributed by atoms with Crippen molar-refractivity contribution in [3.8, 4) is 0 Å². The number of aryl methyl sites for hydroxylation is 1. The first-order valence-corrected chi connectivity index (χ1v) is 8.98. The van der Waals surface area contributed by atoms with Crippen LogP contribution in [0.3, 0.4) is 0 Å². The Morgan fingerprint density at radius 3 is 2.52 bits per heavy atom. The van der Waals surface area contributed by atoms with Gasteiger partial charge in [-0.2, -0.15) is 0 Å². The van der Waals surface area contributed by atoms with E-state index in [1.54, 1.807) is 42.5 Å². The molecule has 4 nitrogen and oxygen atoms in total. The third-order valence-corrected chi connectivity index (χ3v) is 5.45. The van der Waals surface area contributed by atoms with Crippen molar-refractivity contribution in [2.45, 2.75) is 13.8 Å². The number of carbonyl (C=O) groups is 1. The molecule has 0 saturated heterocycles. The number of hydrogen-bond donors (Lipinski definition) is 1. The number of nitrogens with zero attached hydrogens (tertiary/aromatic N) is 1. The van der Waals surface area contributed by atoms with Gasteiger partial charge in [0.1, 0.15) is 0 Å². The summed E-state index contributed by atoms with van der Waals surface area (Å²) >= 11 is 13.4. The van der Waals surface area contributed by atoms with Gasteiger partial charge in [0, 0.05) is 20.4 Å². The molecule has 2 aromatic carbocycles. The summed E-state index contributed by atoms with van der Waals surface area (Å²) in [6.45, 7) is 3.80. The second-order valence-corrected chi connectivity index (χ2v) is 7.31. The van der Waals surface area contributed by atoms with Gasteiger partial charge in [0.15, 0.2) is 0 Å². The molecule has 0 saturated carbocycles. The number of anilines is 1. The van der Waals surface area contributed by atoms with Crippen LogP contribution in [0.25, 0.3) is 10.1 Å². The van der Waals surface area contributed by atoms with Crippen LogP contribution in [0.2, 0.25) is 10.0 Å². The average molecular weight is 393 g/mol. The highest BCUT2D eigenvalue weighted by Crippen LogP contribution is 2.33. The van der Waals surface area contributed by atoms with Gasteiger partial charge in [-0.15, -0.1) is 11.3 Å². The Labute approximate surface area is 159 Å². The SMILES string of the molecule is CC(=NOC(=O)Nc1ccc(Cl)cc1)c1sc2ccc(Cl)cc2c1C. The normalized spacial score (nSPS) is 11.6. The summed E-state index contributed by atoms with van der Waals surface area (Å²) in [5.74, 6) is 0. The van der Waals surface area contributed by atoms with E-state index in [9.17, 15) is 4.79 Å². The zero-order valence-electron chi connectivity index (χ0n) is 13.5. The number of thiophene rings is 1. The van der Waals surface area contributed by atoms with Gasteiger partial charge in [0.05, 0.1) is 10.6 Å². The molecule has 128 valence electrons. The fourth-order valence-corrected chi connectivity index (χ4v) is 3.79. The molecule has 0 unspecified atom stereocenters. The van der Waals surface area contributed by atoms with Crippen LogP contribution in [-0.4, -0.2) is 11.8 Å². The Morgan fingerprint density at radius 1 is 1.12 bits per heavy atom. The van der Waals surface area contributed by atoms with Crippen molar-refractivity contribution < 1.29 is 9.63 Å². The van der Waals surface area contributed by atoms with Gasteiger partial charge >= 0.3 is 6.09 Å². The number of halogens is 2. The molecule has 0 radical (unpaired) electrons. The van der Waals surface area contributed by atoms with Gasteiger partial charge in [0.2, 0.25) is 0 Å². The summed E-state index contributed by atoms with van der Waals surface area (Å²) in [6.07, 6.45) is -0.663. The topological polar surface area (TPSA) is 50.7 Å². The highest BCUT2D eigenvalue weighted by molar-refractivity contribution is 7.21. The van der Waals surface area contributed by atoms with Gasteiger partial charge in [-0.05, 0) is 67.3 Å². The third-order valence-electron chi connectivity index (χ3n) is 3.58. The molecule has 3 aromatic rings. The molecule has 0 aliphatic heterocycles. The van der Waals surface area contributed by atoms with Gasteiger partial charge < -0.3 is 0 Å². The number of nitrogens with one attached hydrogen (secondary N) is 1. The molecule has 1 heterocycles. The van der Waals surface area contributed by atoms with Crippen molar-refractivity contribution in [1.82, 2.24) is 0 Å². The van der Waals surface area contributed by atoms with Crippen LogP contribution in [0, 0.1) is 6.92 Å². The Morgan fingerprint density at radius 2 is 1.80 bits per heavy atom. The number of carbonyl (C=O) groups excluding carboxylic acids is 1. The van der Waals surface area contributed by atoms with E-state index in [-0.39, 0.29) is 0 Å². The van der Waals surface area contributed by atoms with Crippen LogP contribution >= 0.6 is 34.5 Å². The Bertz CT molecular complexity index is 965. The minimum absolute atomic E-state index is 0.579. The first-order chi connectivity index (χ1) is 11.9. The van der Waals surface area contributed by atoms with Crippen molar-refractivity contribution in [1.29, 1.82) is 0 Å². The van der Waals surface area contributed by atoms with E-state index >= 15 is 0 Å². The van der Waals surface area contributed by atoms with Crippen molar-refractivity contribution in [3.05, 3.63) is 63.0 Å². The van der Waals surface area contributed by atoms with Crippen LogP contribution < -0.4 is 5.32 Å². The molecule has 1 amide bonds. The van der Waals surface area contributed by atoms with Crippen LogP contribution in [0.15, 0.2) is 47.6 Å². The van der Waals surface area contributed by atoms with Gasteiger partial charge in [-0.3, -0.25) is 10.2 Å². The van der Waals surface area contributed by atoms with Crippen molar-refractivity contribution in [2.24, 2.45) is 5.16 Å². The highest BCUT2D eigenvalue weighted by Gasteiger charge is 2.12. The number of amides is 1. The minimum Gasteiger partial charge on any atom is -0.297 e. The minimum atomic E-state index is -0.663. The summed E-state index contributed by atoms with van der Waals surface area (Å²) in [4.78, 5) is 17.8. The van der Waals surface area contributed by atoms with E-state index in [4.69, 9.17) is 28.0 Å². The number of hydrogen-bond acceptors (Lipinski definition) is 4. The van der Waals surface area contributed by atoms with Crippen molar-refractivity contribution in [3.63, 3.8) is 0 Å². The first kappa shape index (κ1) is 17.7. The van der Waals surface area contributed by atoms with Gasteiger partial charge in [-0.1, -0.05) is 28.4 Å². The summed E-state index contributed by atoms with van der Waals surface area (Å²) < 4.78 is 1.11. The lowest BCUT2D eigenvalue weighted by Gasteiger charge is -2.03. The molecule has 7 heteroatoms. The molecule has 0 atom stereocenters. The molecular formula is C18H14Cl2N2O2S. The summed E-state index contributed by atoms with van der Waals surface area (Å²) in [5, 5.41) is 8.88. The Hall–Kier alpha value is -2.08. The molecule has 1 N–H and O–H groups in total. The maximum atomic E-state index is 11.8. The van der Waals surface area contributed by atoms with Crippen LogP contribution in [0.4, 0.5) is 10.5 Å². The van der Waals surface area contributed by atoms with Gasteiger partial charge in [-0.25, -0.2) is 4.79 Å². The summed E-state index contributed by atoms with van der Waals surface area (Å²) in [6, 6.07) is 12.5. The lowest BCUT2D eigenvalue weighted by atomic mass is 10.1. The Balaban J connectivity index is 1.74. The van der Waals surface area contributed by atoms with Crippen molar-refractivity contribution >= 4 is 62.1 Å². The number of rotatable bonds is 3. The van der Waals surface area contributed by atoms with Gasteiger partial charge in [0.25, 0.3) is 0 Å². The van der Waals surface area contributed by atoms with E-state index in [0.717, 1.165) is 20.5 Å². The van der Waals surface area contributed by atoms with Crippen LogP contribution in [0.5, 0.6) is 0 Å². The molecule has 0 fully saturated rings. The molecule has 1 aromatic heterocycles. The fraction of sp³-hybridized carbons (Fsp3) is 0.111. The quantitative estimate of drug-likeness (QED) is 0.314. The largest absolute Gasteiger partial charge is 0.437 e. The molecule has 0 spiro atoms. The predicted molar refractivity (Wildman–Crippen MR) is 105 cm³/mol. The average Bonchev–Trinajstić information content (AvgIpc) is 2.91. The van der Waals surface area contributed by atoms with Crippen LogP contribution in [0.1, 0.15) is 17.4 Å². The van der Waals surface area contributed by atoms with E-state index in [0.29, 0.717) is 21.4 Å². The highest BCUT2D eigenvalue weighted by atomic mass is 35.5. The zero-order chi connectivity index (χ0) is 18.0. The van der Waals surface area contributed by atoms with E-state index < -0.39 is 6.09 Å². The molecule has 0 aliphatic carbocycles. The van der Waals surface area contributed by atoms with Crippen LogP contribution in [-0.2, 0) is 4.84 Å². The standard InChI is InChI=1S/C18H14Cl2N2O2S/c1-10-15-9-13(20)5-8-16(15)25-17(10)11(2)22-24-18(23)21-14-6-3-12(19)4-7-14/h3-9H,1-2H3,(H,21,23). The first-order valence-electron chi connectivity index (χ1n) is 7.41. The van der Waals surface area contributed by atoms with E-state index in [1.165, 1.54) is 0 Å². The number of benzene rings is 2. The number of oxime groups is 1. The maximum Gasteiger partial charge on any atom is 0.437 e. The summed E-state index contributed by atoms with van der Waals surface area (Å²) in [5.41, 5.74) is 2.27. The predicted octanol–water partition coefficient (Wildman–Crippen LogP) is 6.49. The smallest absolute Gasteiger partial charge is 0.297 e. The second kappa shape index (κ2) is 7.44. The maximum absolute atomic E-state index is 11.8. The molecule has 3 rings (SSSR count). The zero-order valence-corrected chi connectivity index (χ0v) is 15.8. The molecule has 25 heavy (non-hydrogen) atoms. The monoisotopic (exact) mass is 392 g/mol. The van der Waals surface area contributed by atoms with Crippen molar-refractivity contribution in [2.75, 3.05) is 5.32 Å². The Kier molecular flexibility index (Phi) is 5.27. The lowest BCUT2D eigenvalue weighted by molar-refractivity contribution is 0.166. The fourth-order valence-electron chi connectivity index (χ4n) is 2.36. The number of fused-ring (bicyclic) bond motifs is 1. The van der Waals surface area contributed by atoms with E-state index in [1.807, 2.05) is 25.1 Å². The molecule has 0 aliphatic rings. The third kappa shape index (κ3) is 4.12. The molecule has 0 bridgehead atoms. The van der Waals surface area contributed by atoms with E-state index in [2.05, 4.69) is 10.5 Å². The lowest BCUT2D eigenvalue weighted by Crippen LogP contribution is -2.11.